The van der Waals surface area contributed by atoms with Gasteiger partial charge in [0.25, 0.3) is 5.76 Å². The Bertz CT molecular complexity index is 374. The lowest BCUT2D eigenvalue weighted by molar-refractivity contribution is -0.120. The SMILES string of the molecule is CCOCC(=O)Nc1ccccc1SC(F)F. The van der Waals surface area contributed by atoms with E-state index in [1.165, 1.54) is 6.07 Å². The van der Waals surface area contributed by atoms with E-state index < -0.39 is 5.76 Å². The Morgan fingerprint density at radius 3 is 2.82 bits per heavy atom. The van der Waals surface area contributed by atoms with Crippen LogP contribution in [-0.2, 0) is 9.53 Å². The van der Waals surface area contributed by atoms with Gasteiger partial charge in [0, 0.05) is 11.5 Å². The first kappa shape index (κ1) is 13.9. The average Bonchev–Trinajstić information content (AvgIpc) is 2.28. The first-order chi connectivity index (χ1) is 8.13. The molecule has 1 aromatic rings. The quantitative estimate of drug-likeness (QED) is 0.800. The predicted molar refractivity (Wildman–Crippen MR) is 63.4 cm³/mol. The lowest BCUT2D eigenvalue weighted by Crippen LogP contribution is -2.18. The van der Waals surface area contributed by atoms with Gasteiger partial charge in [-0.3, -0.25) is 4.79 Å². The van der Waals surface area contributed by atoms with Crippen LogP contribution >= 0.6 is 11.8 Å². The van der Waals surface area contributed by atoms with Gasteiger partial charge in [-0.2, -0.15) is 8.78 Å². The van der Waals surface area contributed by atoms with Crippen molar-refractivity contribution in [2.75, 3.05) is 18.5 Å². The summed E-state index contributed by atoms with van der Waals surface area (Å²) in [5.74, 6) is -2.87. The van der Waals surface area contributed by atoms with Crippen molar-refractivity contribution in [3.63, 3.8) is 0 Å². The number of carbonyl (C=O) groups is 1. The second kappa shape index (κ2) is 7.24. The van der Waals surface area contributed by atoms with Crippen LogP contribution in [0, 0.1) is 0 Å². The maximum atomic E-state index is 12.3. The van der Waals surface area contributed by atoms with E-state index in [0.717, 1.165) is 0 Å². The number of alkyl halides is 2. The lowest BCUT2D eigenvalue weighted by atomic mass is 10.3. The first-order valence-electron chi connectivity index (χ1n) is 5.05. The first-order valence-corrected chi connectivity index (χ1v) is 5.93. The fraction of sp³-hybridized carbons (Fsp3) is 0.364. The number of halogens is 2. The molecule has 3 nitrogen and oxygen atoms in total. The maximum absolute atomic E-state index is 12.3. The Labute approximate surface area is 103 Å². The van der Waals surface area contributed by atoms with Crippen LogP contribution < -0.4 is 5.32 Å². The summed E-state index contributed by atoms with van der Waals surface area (Å²) in [5, 5.41) is 2.53. The molecule has 1 N–H and O–H groups in total. The minimum absolute atomic E-state index is 0.0792. The molecular formula is C11H13F2NO2S. The molecule has 17 heavy (non-hydrogen) atoms. The largest absolute Gasteiger partial charge is 0.372 e. The summed E-state index contributed by atoms with van der Waals surface area (Å²) in [6.45, 7) is 2.12. The molecule has 0 spiro atoms. The van der Waals surface area contributed by atoms with Crippen LogP contribution in [0.2, 0.25) is 0 Å². The van der Waals surface area contributed by atoms with E-state index in [1.54, 1.807) is 25.1 Å². The number of carbonyl (C=O) groups excluding carboxylic acids is 1. The second-order valence-electron chi connectivity index (χ2n) is 3.06. The Morgan fingerprint density at radius 1 is 1.47 bits per heavy atom. The zero-order valence-corrected chi connectivity index (χ0v) is 10.1. The van der Waals surface area contributed by atoms with Gasteiger partial charge >= 0.3 is 0 Å². The molecule has 1 amide bonds. The number of hydrogen-bond acceptors (Lipinski definition) is 3. The molecule has 0 aliphatic rings. The number of nitrogens with one attached hydrogen (secondary N) is 1. The van der Waals surface area contributed by atoms with Crippen molar-refractivity contribution in [3.8, 4) is 0 Å². The summed E-state index contributed by atoms with van der Waals surface area (Å²) >= 11 is 0.402. The van der Waals surface area contributed by atoms with Crippen LogP contribution in [-0.4, -0.2) is 24.9 Å². The molecule has 0 bridgehead atoms. The number of hydrogen-bond donors (Lipinski definition) is 1. The molecular weight excluding hydrogens is 248 g/mol. The van der Waals surface area contributed by atoms with Crippen LogP contribution in [0.4, 0.5) is 14.5 Å². The fourth-order valence-electron chi connectivity index (χ4n) is 1.15. The third-order valence-electron chi connectivity index (χ3n) is 1.81. The molecule has 0 saturated heterocycles. The van der Waals surface area contributed by atoms with Gasteiger partial charge in [0.2, 0.25) is 5.91 Å². The molecule has 1 aromatic carbocycles. The number of ether oxygens (including phenoxy) is 1. The summed E-state index contributed by atoms with van der Waals surface area (Å²) in [7, 11) is 0. The highest BCUT2D eigenvalue weighted by atomic mass is 32.2. The maximum Gasteiger partial charge on any atom is 0.288 e. The van der Waals surface area contributed by atoms with Crippen LogP contribution in [0.15, 0.2) is 29.2 Å². The lowest BCUT2D eigenvalue weighted by Gasteiger charge is -2.10. The van der Waals surface area contributed by atoms with E-state index in [4.69, 9.17) is 4.74 Å². The average molecular weight is 261 g/mol. The molecule has 0 aromatic heterocycles. The monoisotopic (exact) mass is 261 g/mol. The summed E-state index contributed by atoms with van der Waals surface area (Å²) < 4.78 is 29.5. The normalized spacial score (nSPS) is 10.6. The minimum Gasteiger partial charge on any atom is -0.372 e. The topological polar surface area (TPSA) is 38.3 Å². The molecule has 0 aliphatic heterocycles. The highest BCUT2D eigenvalue weighted by Crippen LogP contribution is 2.31. The van der Waals surface area contributed by atoms with Crippen molar-refractivity contribution in [3.05, 3.63) is 24.3 Å². The number of benzene rings is 1. The van der Waals surface area contributed by atoms with Gasteiger partial charge in [-0.15, -0.1) is 0 Å². The van der Waals surface area contributed by atoms with Gasteiger partial charge in [-0.1, -0.05) is 23.9 Å². The van der Waals surface area contributed by atoms with Gasteiger partial charge in [0.1, 0.15) is 6.61 Å². The molecule has 94 valence electrons. The predicted octanol–water partition coefficient (Wildman–Crippen LogP) is 2.98. The van der Waals surface area contributed by atoms with Crippen LogP contribution in [0.1, 0.15) is 6.92 Å². The second-order valence-corrected chi connectivity index (χ2v) is 4.09. The Morgan fingerprint density at radius 2 is 2.18 bits per heavy atom. The van der Waals surface area contributed by atoms with E-state index >= 15 is 0 Å². The van der Waals surface area contributed by atoms with Crippen molar-refractivity contribution in [1.29, 1.82) is 0 Å². The van der Waals surface area contributed by atoms with E-state index in [2.05, 4.69) is 5.32 Å². The number of para-hydroxylation sites is 1. The molecule has 6 heteroatoms. The highest BCUT2D eigenvalue weighted by Gasteiger charge is 2.11. The van der Waals surface area contributed by atoms with Crippen molar-refractivity contribution in [2.24, 2.45) is 0 Å². The van der Waals surface area contributed by atoms with Gasteiger partial charge in [0.05, 0.1) is 5.69 Å². The molecule has 0 atom stereocenters. The van der Waals surface area contributed by atoms with Gasteiger partial charge in [-0.25, -0.2) is 0 Å². The van der Waals surface area contributed by atoms with Crippen molar-refractivity contribution < 1.29 is 18.3 Å². The number of anilines is 1. The zero-order valence-electron chi connectivity index (χ0n) is 9.28. The minimum atomic E-state index is -2.51. The van der Waals surface area contributed by atoms with Crippen molar-refractivity contribution >= 4 is 23.4 Å². The van der Waals surface area contributed by atoms with Gasteiger partial charge in [0.15, 0.2) is 0 Å². The summed E-state index contributed by atoms with van der Waals surface area (Å²) in [6.07, 6.45) is 0. The van der Waals surface area contributed by atoms with E-state index in [-0.39, 0.29) is 12.5 Å². The molecule has 0 heterocycles. The molecule has 1 rings (SSSR count). The number of amides is 1. The third kappa shape index (κ3) is 5.14. The van der Waals surface area contributed by atoms with Crippen LogP contribution in [0.5, 0.6) is 0 Å². The zero-order chi connectivity index (χ0) is 12.7. The Hall–Kier alpha value is -1.14. The van der Waals surface area contributed by atoms with E-state index in [0.29, 0.717) is 29.0 Å². The molecule has 0 unspecified atom stereocenters. The van der Waals surface area contributed by atoms with Gasteiger partial charge in [-0.05, 0) is 19.1 Å². The van der Waals surface area contributed by atoms with Crippen LogP contribution in [0.25, 0.3) is 0 Å². The molecule has 0 saturated carbocycles. The highest BCUT2D eigenvalue weighted by molar-refractivity contribution is 7.99. The molecule has 0 radical (unpaired) electrons. The Balaban J connectivity index is 2.66. The molecule has 0 fully saturated rings. The smallest absolute Gasteiger partial charge is 0.288 e. The fourth-order valence-corrected chi connectivity index (χ4v) is 1.74. The summed E-state index contributed by atoms with van der Waals surface area (Å²) in [4.78, 5) is 11.7. The number of rotatable bonds is 6. The van der Waals surface area contributed by atoms with E-state index in [1.807, 2.05) is 0 Å². The standard InChI is InChI=1S/C11H13F2NO2S/c1-2-16-7-10(15)14-8-5-3-4-6-9(8)17-11(12)13/h3-6,11H,2,7H2,1H3,(H,14,15). The van der Waals surface area contributed by atoms with Crippen LogP contribution in [0.3, 0.4) is 0 Å². The third-order valence-corrected chi connectivity index (χ3v) is 2.60. The van der Waals surface area contributed by atoms with Crippen molar-refractivity contribution in [2.45, 2.75) is 17.6 Å². The molecule has 0 aliphatic carbocycles. The van der Waals surface area contributed by atoms with Crippen molar-refractivity contribution in [1.82, 2.24) is 0 Å². The summed E-state index contributed by atoms with van der Waals surface area (Å²) in [6, 6.07) is 6.43. The Kier molecular flexibility index (Phi) is 5.93. The number of thioether (sulfide) groups is 1. The summed E-state index contributed by atoms with van der Waals surface area (Å²) in [5.41, 5.74) is 0.377. The van der Waals surface area contributed by atoms with E-state index in [9.17, 15) is 13.6 Å². The van der Waals surface area contributed by atoms with Gasteiger partial charge < -0.3 is 10.1 Å².